The molecule has 2 amide bonds. The number of hydrogen-bond acceptors (Lipinski definition) is 2. The predicted molar refractivity (Wildman–Crippen MR) is 68.6 cm³/mol. The highest BCUT2D eigenvalue weighted by atomic mass is 16.2. The molecule has 1 aromatic rings. The minimum Gasteiger partial charge on any atom is -0.369 e. The van der Waals surface area contributed by atoms with Crippen LogP contribution in [0.25, 0.3) is 0 Å². The maximum atomic E-state index is 11.8. The maximum absolute atomic E-state index is 11.8. The molecule has 0 spiro atoms. The average Bonchev–Trinajstić information content (AvgIpc) is 2.64. The van der Waals surface area contributed by atoms with Gasteiger partial charge in [0.25, 0.3) is 0 Å². The summed E-state index contributed by atoms with van der Waals surface area (Å²) in [5.41, 5.74) is 8.75. The molecule has 4 heteroatoms. The summed E-state index contributed by atoms with van der Waals surface area (Å²) in [6.45, 7) is 5.09. The molecule has 0 radical (unpaired) electrons. The Kier molecular flexibility index (Phi) is 3.36. The molecule has 4 nitrogen and oxygen atoms in total. The molecule has 2 N–H and O–H groups in total. The topological polar surface area (TPSA) is 63.4 Å². The van der Waals surface area contributed by atoms with Crippen molar-refractivity contribution in [1.82, 2.24) is 4.90 Å². The molecule has 1 atom stereocenters. The lowest BCUT2D eigenvalue weighted by Crippen LogP contribution is -2.28. The van der Waals surface area contributed by atoms with Gasteiger partial charge in [0, 0.05) is 19.5 Å². The van der Waals surface area contributed by atoms with Crippen LogP contribution < -0.4 is 5.73 Å². The van der Waals surface area contributed by atoms with Crippen LogP contribution in [0.15, 0.2) is 18.2 Å². The van der Waals surface area contributed by atoms with Crippen LogP contribution in [0.4, 0.5) is 0 Å². The van der Waals surface area contributed by atoms with E-state index in [4.69, 9.17) is 5.73 Å². The van der Waals surface area contributed by atoms with E-state index >= 15 is 0 Å². The van der Waals surface area contributed by atoms with Crippen molar-refractivity contribution >= 4 is 11.8 Å². The van der Waals surface area contributed by atoms with Crippen molar-refractivity contribution in [3.63, 3.8) is 0 Å². The number of nitrogens with two attached hydrogens (primary N) is 1. The maximum Gasteiger partial charge on any atom is 0.223 e. The summed E-state index contributed by atoms with van der Waals surface area (Å²) in [6, 6.07) is 6.17. The number of carbonyl (C=O) groups excluding carboxylic acids is 2. The molecular formula is C14H18N2O2. The second kappa shape index (κ2) is 4.80. The van der Waals surface area contributed by atoms with E-state index < -0.39 is 0 Å². The van der Waals surface area contributed by atoms with Gasteiger partial charge in [-0.15, -0.1) is 0 Å². The average molecular weight is 246 g/mol. The van der Waals surface area contributed by atoms with E-state index in [9.17, 15) is 9.59 Å². The molecule has 0 saturated carbocycles. The zero-order valence-electron chi connectivity index (χ0n) is 10.8. The van der Waals surface area contributed by atoms with Crippen molar-refractivity contribution in [1.29, 1.82) is 0 Å². The molecule has 0 aliphatic carbocycles. The Hall–Kier alpha value is -1.84. The quantitative estimate of drug-likeness (QED) is 0.869. The summed E-state index contributed by atoms with van der Waals surface area (Å²) in [4.78, 5) is 24.6. The first-order valence-corrected chi connectivity index (χ1v) is 6.10. The second-order valence-electron chi connectivity index (χ2n) is 5.01. The number of rotatable bonds is 3. The van der Waals surface area contributed by atoms with Gasteiger partial charge in [-0.05, 0) is 25.0 Å². The molecule has 1 fully saturated rings. The fraction of sp³-hybridized carbons (Fsp3) is 0.429. The molecule has 1 saturated heterocycles. The predicted octanol–water partition coefficient (Wildman–Crippen LogP) is 1.14. The van der Waals surface area contributed by atoms with Crippen molar-refractivity contribution in [2.75, 3.05) is 6.54 Å². The van der Waals surface area contributed by atoms with Crippen LogP contribution in [0.5, 0.6) is 0 Å². The molecule has 0 bridgehead atoms. The number of amides is 2. The first kappa shape index (κ1) is 12.6. The molecule has 0 aromatic heterocycles. The van der Waals surface area contributed by atoms with E-state index in [0.29, 0.717) is 13.1 Å². The fourth-order valence-corrected chi connectivity index (χ4v) is 2.34. The number of likely N-dealkylation sites (tertiary alicyclic amines) is 1. The van der Waals surface area contributed by atoms with Crippen LogP contribution >= 0.6 is 0 Å². The minimum absolute atomic E-state index is 0.0128. The van der Waals surface area contributed by atoms with E-state index in [1.807, 2.05) is 26.0 Å². The van der Waals surface area contributed by atoms with Crippen LogP contribution in [-0.2, 0) is 16.1 Å². The number of nitrogens with zero attached hydrogens (tertiary/aromatic N) is 1. The number of aryl methyl sites for hydroxylation is 2. The standard InChI is InChI=1S/C14H18N2O2/c1-9-3-4-11(10(2)5-9)7-16-8-12(14(15)18)6-13(16)17/h3-5,12H,6-8H2,1-2H3,(H2,15,18). The molecule has 1 unspecified atom stereocenters. The van der Waals surface area contributed by atoms with Gasteiger partial charge in [-0.1, -0.05) is 23.8 Å². The van der Waals surface area contributed by atoms with Crippen LogP contribution in [0.1, 0.15) is 23.1 Å². The first-order valence-electron chi connectivity index (χ1n) is 6.10. The minimum atomic E-state index is -0.383. The Labute approximate surface area is 107 Å². The van der Waals surface area contributed by atoms with Crippen molar-refractivity contribution < 1.29 is 9.59 Å². The van der Waals surface area contributed by atoms with Gasteiger partial charge in [0.15, 0.2) is 0 Å². The third-order valence-corrected chi connectivity index (χ3v) is 3.48. The van der Waals surface area contributed by atoms with Crippen LogP contribution in [-0.4, -0.2) is 23.3 Å². The van der Waals surface area contributed by atoms with Crippen LogP contribution in [0, 0.1) is 19.8 Å². The molecular weight excluding hydrogens is 228 g/mol. The van der Waals surface area contributed by atoms with E-state index in [1.165, 1.54) is 11.1 Å². The highest BCUT2D eigenvalue weighted by Gasteiger charge is 2.32. The third kappa shape index (κ3) is 2.53. The summed E-state index contributed by atoms with van der Waals surface area (Å²) in [5.74, 6) is -0.700. The first-order chi connectivity index (χ1) is 8.47. The largest absolute Gasteiger partial charge is 0.369 e. The van der Waals surface area contributed by atoms with Crippen molar-refractivity contribution in [2.24, 2.45) is 11.7 Å². The van der Waals surface area contributed by atoms with Gasteiger partial charge in [-0.3, -0.25) is 9.59 Å². The van der Waals surface area contributed by atoms with Crippen molar-refractivity contribution in [2.45, 2.75) is 26.8 Å². The lowest BCUT2D eigenvalue weighted by atomic mass is 10.1. The van der Waals surface area contributed by atoms with Gasteiger partial charge in [-0.2, -0.15) is 0 Å². The van der Waals surface area contributed by atoms with Gasteiger partial charge in [0.2, 0.25) is 11.8 Å². The van der Waals surface area contributed by atoms with Gasteiger partial charge >= 0.3 is 0 Å². The van der Waals surface area contributed by atoms with Crippen molar-refractivity contribution in [3.05, 3.63) is 34.9 Å². The summed E-state index contributed by atoms with van der Waals surface area (Å²) >= 11 is 0. The Bertz CT molecular complexity index is 497. The van der Waals surface area contributed by atoms with Gasteiger partial charge in [0.05, 0.1) is 5.92 Å². The lowest BCUT2D eigenvalue weighted by molar-refractivity contribution is -0.128. The van der Waals surface area contributed by atoms with Crippen LogP contribution in [0.2, 0.25) is 0 Å². The monoisotopic (exact) mass is 246 g/mol. The molecule has 18 heavy (non-hydrogen) atoms. The van der Waals surface area contributed by atoms with E-state index in [-0.39, 0.29) is 24.2 Å². The smallest absolute Gasteiger partial charge is 0.223 e. The summed E-state index contributed by atoms with van der Waals surface area (Å²) < 4.78 is 0. The summed E-state index contributed by atoms with van der Waals surface area (Å²) in [5, 5.41) is 0. The number of benzene rings is 1. The Morgan fingerprint density at radius 1 is 1.44 bits per heavy atom. The van der Waals surface area contributed by atoms with Gasteiger partial charge < -0.3 is 10.6 Å². The van der Waals surface area contributed by atoms with E-state index in [2.05, 4.69) is 6.07 Å². The van der Waals surface area contributed by atoms with Gasteiger partial charge in [0.1, 0.15) is 0 Å². The highest BCUT2D eigenvalue weighted by molar-refractivity contribution is 5.88. The van der Waals surface area contributed by atoms with E-state index in [1.54, 1.807) is 4.90 Å². The number of hydrogen-bond donors (Lipinski definition) is 1. The van der Waals surface area contributed by atoms with E-state index in [0.717, 1.165) is 5.56 Å². The Morgan fingerprint density at radius 2 is 2.17 bits per heavy atom. The normalized spacial score (nSPS) is 19.3. The zero-order chi connectivity index (χ0) is 13.3. The molecule has 1 aromatic carbocycles. The second-order valence-corrected chi connectivity index (χ2v) is 5.01. The molecule has 1 aliphatic heterocycles. The Balaban J connectivity index is 2.10. The molecule has 1 heterocycles. The SMILES string of the molecule is Cc1ccc(CN2CC(C(N)=O)CC2=O)c(C)c1. The molecule has 2 rings (SSSR count). The molecule has 96 valence electrons. The highest BCUT2D eigenvalue weighted by Crippen LogP contribution is 2.21. The number of primary amides is 1. The fourth-order valence-electron chi connectivity index (χ4n) is 2.34. The third-order valence-electron chi connectivity index (χ3n) is 3.48. The van der Waals surface area contributed by atoms with Crippen molar-refractivity contribution in [3.8, 4) is 0 Å². The number of carbonyl (C=O) groups is 2. The molecule has 1 aliphatic rings. The summed E-state index contributed by atoms with van der Waals surface area (Å²) in [7, 11) is 0. The van der Waals surface area contributed by atoms with Gasteiger partial charge in [-0.25, -0.2) is 0 Å². The van der Waals surface area contributed by atoms with Crippen LogP contribution in [0.3, 0.4) is 0 Å². The lowest BCUT2D eigenvalue weighted by Gasteiger charge is -2.17. The zero-order valence-corrected chi connectivity index (χ0v) is 10.8. The summed E-state index contributed by atoms with van der Waals surface area (Å²) in [6.07, 6.45) is 0.250. The Morgan fingerprint density at radius 3 is 2.72 bits per heavy atom.